The number of Topliss-reactive ketones (excluding diaryl/α,β-unsaturated/α-hetero) is 1. The van der Waals surface area contributed by atoms with Crippen molar-refractivity contribution in [3.05, 3.63) is 0 Å². The molecule has 21 heavy (non-hydrogen) atoms. The molecule has 0 saturated heterocycles. The highest BCUT2D eigenvalue weighted by atomic mass is 16.1. The van der Waals surface area contributed by atoms with Gasteiger partial charge in [0.05, 0.1) is 0 Å². The summed E-state index contributed by atoms with van der Waals surface area (Å²) in [5.74, 6) is 0.455. The molecule has 0 amide bonds. The minimum Gasteiger partial charge on any atom is -0.327 e. The summed E-state index contributed by atoms with van der Waals surface area (Å²) in [5.41, 5.74) is 5.86. The van der Waals surface area contributed by atoms with Gasteiger partial charge in [-0.25, -0.2) is 0 Å². The maximum Gasteiger partial charge on any atom is 0.137 e. The van der Waals surface area contributed by atoms with Crippen LogP contribution in [0.15, 0.2) is 0 Å². The van der Waals surface area contributed by atoms with Gasteiger partial charge in [-0.3, -0.25) is 4.79 Å². The first-order valence-corrected chi connectivity index (χ1v) is 9.41. The average molecular weight is 298 g/mol. The molecule has 0 saturated carbocycles. The number of hydrogen-bond donors (Lipinski definition) is 1. The summed E-state index contributed by atoms with van der Waals surface area (Å²) in [5, 5.41) is 0. The number of rotatable bonds is 15. The van der Waals surface area contributed by atoms with E-state index in [1.54, 1.807) is 0 Å². The van der Waals surface area contributed by atoms with Crippen LogP contribution in [0.1, 0.15) is 104 Å². The molecule has 0 aliphatic carbocycles. The van der Waals surface area contributed by atoms with Crippen LogP contribution in [0.4, 0.5) is 0 Å². The van der Waals surface area contributed by atoms with Crippen LogP contribution in [0.5, 0.6) is 0 Å². The lowest BCUT2D eigenvalue weighted by Gasteiger charge is -2.17. The maximum absolute atomic E-state index is 12.0. The van der Waals surface area contributed by atoms with E-state index in [4.69, 9.17) is 5.73 Å². The Morgan fingerprint density at radius 1 is 0.810 bits per heavy atom. The zero-order chi connectivity index (χ0) is 15.9. The number of hydrogen-bond acceptors (Lipinski definition) is 2. The van der Waals surface area contributed by atoms with Gasteiger partial charge in [0, 0.05) is 18.4 Å². The van der Waals surface area contributed by atoms with E-state index < -0.39 is 0 Å². The van der Waals surface area contributed by atoms with Gasteiger partial charge in [-0.1, -0.05) is 78.1 Å². The monoisotopic (exact) mass is 297 g/mol. The fourth-order valence-corrected chi connectivity index (χ4v) is 3.04. The van der Waals surface area contributed by atoms with E-state index >= 15 is 0 Å². The summed E-state index contributed by atoms with van der Waals surface area (Å²) in [4.78, 5) is 12.0. The molecule has 0 aromatic carbocycles. The summed E-state index contributed by atoms with van der Waals surface area (Å²) in [7, 11) is 0. The fourth-order valence-electron chi connectivity index (χ4n) is 3.04. The lowest BCUT2D eigenvalue weighted by molar-refractivity contribution is -0.123. The fraction of sp³-hybridized carbons (Fsp3) is 0.947. The Kier molecular flexibility index (Phi) is 14.3. The molecule has 0 radical (unpaired) electrons. The molecule has 0 bridgehead atoms. The van der Waals surface area contributed by atoms with Gasteiger partial charge >= 0.3 is 0 Å². The Morgan fingerprint density at radius 2 is 1.24 bits per heavy atom. The van der Waals surface area contributed by atoms with Gasteiger partial charge in [0.25, 0.3) is 0 Å². The third kappa shape index (κ3) is 11.9. The maximum atomic E-state index is 12.0. The van der Waals surface area contributed by atoms with Gasteiger partial charge in [-0.15, -0.1) is 0 Å². The predicted octanol–water partition coefficient (Wildman–Crippen LogP) is 5.63. The highest BCUT2D eigenvalue weighted by Crippen LogP contribution is 2.15. The molecule has 126 valence electrons. The second-order valence-electron chi connectivity index (χ2n) is 6.63. The van der Waals surface area contributed by atoms with Crippen molar-refractivity contribution < 1.29 is 4.79 Å². The number of carbonyl (C=O) groups excluding carboxylic acids is 1. The van der Waals surface area contributed by atoms with Crippen LogP contribution < -0.4 is 5.73 Å². The van der Waals surface area contributed by atoms with Crippen molar-refractivity contribution in [1.29, 1.82) is 0 Å². The Balaban J connectivity index is 3.34. The molecule has 0 rings (SSSR count). The summed E-state index contributed by atoms with van der Waals surface area (Å²) >= 11 is 0. The van der Waals surface area contributed by atoms with Crippen molar-refractivity contribution in [2.24, 2.45) is 11.7 Å². The number of nitrogens with two attached hydrogens (primary N) is 1. The lowest BCUT2D eigenvalue weighted by Crippen LogP contribution is -2.32. The molecule has 2 atom stereocenters. The molecule has 2 nitrogen and oxygen atoms in total. The zero-order valence-corrected chi connectivity index (χ0v) is 14.8. The molecule has 0 aliphatic rings. The van der Waals surface area contributed by atoms with E-state index in [0.717, 1.165) is 19.3 Å². The molecular formula is C19H39NO. The van der Waals surface area contributed by atoms with Crippen LogP contribution in [0.2, 0.25) is 0 Å². The summed E-state index contributed by atoms with van der Waals surface area (Å²) in [6.07, 6.45) is 16.2. The summed E-state index contributed by atoms with van der Waals surface area (Å²) in [6.45, 7) is 6.28. The third-order valence-electron chi connectivity index (χ3n) is 4.51. The Bertz CT molecular complexity index is 238. The van der Waals surface area contributed by atoms with Gasteiger partial charge in [-0.05, 0) is 19.8 Å². The first-order valence-electron chi connectivity index (χ1n) is 9.41. The minimum absolute atomic E-state index is 0.00945. The smallest absolute Gasteiger partial charge is 0.137 e. The van der Waals surface area contributed by atoms with Crippen LogP contribution in [0, 0.1) is 5.92 Å². The van der Waals surface area contributed by atoms with E-state index in [1.807, 2.05) is 6.92 Å². The Morgan fingerprint density at radius 3 is 1.62 bits per heavy atom. The number of carbonyl (C=O) groups is 1. The van der Waals surface area contributed by atoms with Crippen molar-refractivity contribution in [2.45, 2.75) is 110 Å². The molecule has 2 unspecified atom stereocenters. The first-order chi connectivity index (χ1) is 10.1. The third-order valence-corrected chi connectivity index (χ3v) is 4.51. The predicted molar refractivity (Wildman–Crippen MR) is 93.5 cm³/mol. The zero-order valence-electron chi connectivity index (χ0n) is 14.8. The van der Waals surface area contributed by atoms with Crippen LogP contribution in [-0.4, -0.2) is 11.8 Å². The number of ketones is 1. The Hall–Kier alpha value is -0.370. The van der Waals surface area contributed by atoms with E-state index in [2.05, 4.69) is 13.8 Å². The molecule has 2 N–H and O–H groups in total. The first kappa shape index (κ1) is 20.6. The molecule has 0 aromatic rings. The van der Waals surface area contributed by atoms with Crippen LogP contribution in [0.25, 0.3) is 0 Å². The van der Waals surface area contributed by atoms with Crippen molar-refractivity contribution in [3.63, 3.8) is 0 Å². The van der Waals surface area contributed by atoms with E-state index in [0.29, 0.717) is 5.78 Å². The van der Waals surface area contributed by atoms with Crippen LogP contribution in [-0.2, 0) is 4.79 Å². The summed E-state index contributed by atoms with van der Waals surface area (Å²) in [6, 6.07) is 0.00945. The van der Waals surface area contributed by atoms with Gasteiger partial charge in [0.2, 0.25) is 0 Å². The van der Waals surface area contributed by atoms with Crippen molar-refractivity contribution in [2.75, 3.05) is 0 Å². The van der Waals surface area contributed by atoms with Crippen LogP contribution >= 0.6 is 0 Å². The lowest BCUT2D eigenvalue weighted by atomic mass is 9.91. The second-order valence-corrected chi connectivity index (χ2v) is 6.63. The van der Waals surface area contributed by atoms with Crippen molar-refractivity contribution in [1.82, 2.24) is 0 Å². The highest BCUT2D eigenvalue weighted by Gasteiger charge is 2.19. The Labute approximate surface area is 133 Å². The molecule has 0 aromatic heterocycles. The SMILES string of the molecule is CCCCCCCCCCCCCC(=O)C(CC)C(C)N. The van der Waals surface area contributed by atoms with Crippen molar-refractivity contribution >= 4 is 5.78 Å². The normalized spacial score (nSPS) is 14.1. The van der Waals surface area contributed by atoms with E-state index in [9.17, 15) is 4.79 Å². The molecule has 0 aliphatic heterocycles. The second kappa shape index (κ2) is 14.6. The largest absolute Gasteiger partial charge is 0.327 e. The van der Waals surface area contributed by atoms with Gasteiger partial charge in [0.1, 0.15) is 5.78 Å². The molecule has 0 fully saturated rings. The molecule has 0 spiro atoms. The standard InChI is InChI=1S/C19H39NO/c1-4-6-7-8-9-10-11-12-13-14-15-16-19(21)18(5-2)17(3)20/h17-18H,4-16,20H2,1-3H3. The van der Waals surface area contributed by atoms with Gasteiger partial charge in [-0.2, -0.15) is 0 Å². The van der Waals surface area contributed by atoms with Crippen molar-refractivity contribution in [3.8, 4) is 0 Å². The highest BCUT2D eigenvalue weighted by molar-refractivity contribution is 5.81. The van der Waals surface area contributed by atoms with Crippen LogP contribution in [0.3, 0.4) is 0 Å². The minimum atomic E-state index is 0.00945. The van der Waals surface area contributed by atoms with Gasteiger partial charge < -0.3 is 5.73 Å². The summed E-state index contributed by atoms with van der Waals surface area (Å²) < 4.78 is 0. The van der Waals surface area contributed by atoms with E-state index in [1.165, 1.54) is 64.2 Å². The quantitative estimate of drug-likeness (QED) is 0.398. The van der Waals surface area contributed by atoms with Gasteiger partial charge in [0.15, 0.2) is 0 Å². The topological polar surface area (TPSA) is 43.1 Å². The van der Waals surface area contributed by atoms with E-state index in [-0.39, 0.29) is 12.0 Å². The number of unbranched alkanes of at least 4 members (excludes halogenated alkanes) is 10. The molecule has 0 heterocycles. The molecule has 2 heteroatoms. The average Bonchev–Trinajstić information content (AvgIpc) is 2.45. The molecular weight excluding hydrogens is 258 g/mol.